The monoisotopic (exact) mass is 445 g/mol. The predicted molar refractivity (Wildman–Crippen MR) is 129 cm³/mol. The molecule has 1 aromatic rings. The largest absolute Gasteiger partial charge is 0.340 e. The van der Waals surface area contributed by atoms with Crippen molar-refractivity contribution in [2.45, 2.75) is 64.0 Å². The van der Waals surface area contributed by atoms with Gasteiger partial charge in [-0.3, -0.25) is 14.5 Å². The molecule has 2 heterocycles. The first-order valence-corrected chi connectivity index (χ1v) is 12.6. The highest BCUT2D eigenvalue weighted by Gasteiger charge is 2.40. The molecule has 3 rings (SSSR count). The number of piperazine rings is 1. The summed E-state index contributed by atoms with van der Waals surface area (Å²) >= 11 is 1.79. The number of carbonyl (C=O) groups excluding carboxylic acids is 2. The van der Waals surface area contributed by atoms with Crippen LogP contribution in [0.1, 0.15) is 64.5 Å². The van der Waals surface area contributed by atoms with Crippen molar-refractivity contribution in [2.75, 3.05) is 39.3 Å². The van der Waals surface area contributed by atoms with Crippen LogP contribution in [0.4, 0.5) is 0 Å². The Hall–Kier alpha value is -1.53. The van der Waals surface area contributed by atoms with E-state index in [4.69, 9.17) is 0 Å². The minimum absolute atomic E-state index is 0.0489. The highest BCUT2D eigenvalue weighted by molar-refractivity contribution is 8.01. The highest BCUT2D eigenvalue weighted by atomic mass is 32.2. The lowest BCUT2D eigenvalue weighted by atomic mass is 9.86. The van der Waals surface area contributed by atoms with E-state index in [-0.39, 0.29) is 33.8 Å². The Kier molecular flexibility index (Phi) is 7.74. The summed E-state index contributed by atoms with van der Waals surface area (Å²) < 4.78 is 0. The molecule has 2 fully saturated rings. The summed E-state index contributed by atoms with van der Waals surface area (Å²) in [6, 6.07) is 8.82. The lowest BCUT2D eigenvalue weighted by Crippen LogP contribution is -2.51. The summed E-state index contributed by atoms with van der Waals surface area (Å²) in [6.45, 7) is 17.7. The molecule has 0 aromatic heterocycles. The zero-order valence-corrected chi connectivity index (χ0v) is 20.9. The van der Waals surface area contributed by atoms with Crippen LogP contribution in [0, 0.1) is 5.92 Å². The predicted octanol–water partition coefficient (Wildman–Crippen LogP) is 4.14. The Morgan fingerprint density at radius 3 is 2.19 bits per heavy atom. The van der Waals surface area contributed by atoms with Crippen LogP contribution < -0.4 is 0 Å². The van der Waals surface area contributed by atoms with Crippen molar-refractivity contribution in [3.63, 3.8) is 0 Å². The van der Waals surface area contributed by atoms with Crippen molar-refractivity contribution in [1.29, 1.82) is 0 Å². The van der Waals surface area contributed by atoms with Gasteiger partial charge in [0.05, 0.1) is 5.25 Å². The van der Waals surface area contributed by atoms with Gasteiger partial charge >= 0.3 is 0 Å². The zero-order chi connectivity index (χ0) is 22.8. The molecule has 172 valence electrons. The van der Waals surface area contributed by atoms with Gasteiger partial charge in [0, 0.05) is 45.2 Å². The van der Waals surface area contributed by atoms with Crippen LogP contribution in [0.15, 0.2) is 24.3 Å². The summed E-state index contributed by atoms with van der Waals surface area (Å²) in [5, 5.41) is 0.142. The van der Waals surface area contributed by atoms with E-state index in [0.29, 0.717) is 0 Å². The van der Waals surface area contributed by atoms with Crippen LogP contribution in [-0.2, 0) is 15.0 Å². The molecule has 2 aliphatic rings. The van der Waals surface area contributed by atoms with E-state index in [2.05, 4.69) is 61.8 Å². The van der Waals surface area contributed by atoms with Gasteiger partial charge < -0.3 is 9.80 Å². The third kappa shape index (κ3) is 5.64. The van der Waals surface area contributed by atoms with Crippen LogP contribution in [-0.4, -0.2) is 71.0 Å². The summed E-state index contributed by atoms with van der Waals surface area (Å²) in [5.41, 5.74) is 2.66. The number of benzene rings is 1. The molecule has 2 amide bonds. The fraction of sp³-hybridized carbons (Fsp3) is 0.680. The number of hydrogen-bond donors (Lipinski definition) is 0. The lowest BCUT2D eigenvalue weighted by Gasteiger charge is -2.36. The normalized spacial score (nSPS) is 23.1. The molecule has 2 saturated heterocycles. The Labute approximate surface area is 192 Å². The van der Waals surface area contributed by atoms with Crippen molar-refractivity contribution in [3.8, 4) is 0 Å². The van der Waals surface area contributed by atoms with Gasteiger partial charge in [-0.05, 0) is 23.0 Å². The molecule has 0 N–H and O–H groups in total. The third-order valence-electron chi connectivity index (χ3n) is 6.40. The second kappa shape index (κ2) is 9.95. The molecule has 2 aliphatic heterocycles. The molecule has 2 unspecified atom stereocenters. The van der Waals surface area contributed by atoms with Crippen LogP contribution in [0.5, 0.6) is 0 Å². The van der Waals surface area contributed by atoms with Crippen molar-refractivity contribution in [1.82, 2.24) is 14.7 Å². The lowest BCUT2D eigenvalue weighted by molar-refractivity contribution is -0.136. The number of rotatable bonds is 6. The Morgan fingerprint density at radius 2 is 1.68 bits per heavy atom. The molecule has 0 saturated carbocycles. The number of amides is 2. The van der Waals surface area contributed by atoms with Crippen LogP contribution in [0.2, 0.25) is 0 Å². The van der Waals surface area contributed by atoms with Gasteiger partial charge in [0.15, 0.2) is 0 Å². The summed E-state index contributed by atoms with van der Waals surface area (Å²) in [4.78, 5) is 31.7. The molecular weight excluding hydrogens is 406 g/mol. The van der Waals surface area contributed by atoms with E-state index < -0.39 is 0 Å². The SMILES string of the molecule is CCC1SC(c2ccc(C(C)(C)C)cc2)N(CCN2CCN(C(=O)C(C)C)CC2)C1=O. The number of hydrogen-bond acceptors (Lipinski definition) is 4. The molecule has 31 heavy (non-hydrogen) atoms. The summed E-state index contributed by atoms with van der Waals surface area (Å²) in [7, 11) is 0. The van der Waals surface area contributed by atoms with Crippen LogP contribution >= 0.6 is 11.8 Å². The second-order valence-electron chi connectivity index (χ2n) is 10.1. The van der Waals surface area contributed by atoms with Gasteiger partial charge in [-0.15, -0.1) is 11.8 Å². The quantitative estimate of drug-likeness (QED) is 0.660. The van der Waals surface area contributed by atoms with Gasteiger partial charge in [-0.1, -0.05) is 65.8 Å². The fourth-order valence-electron chi connectivity index (χ4n) is 4.30. The first kappa shape index (κ1) is 24.1. The molecule has 6 heteroatoms. The van der Waals surface area contributed by atoms with Crippen molar-refractivity contribution < 1.29 is 9.59 Å². The van der Waals surface area contributed by atoms with E-state index in [1.54, 1.807) is 11.8 Å². The van der Waals surface area contributed by atoms with E-state index in [9.17, 15) is 9.59 Å². The van der Waals surface area contributed by atoms with Gasteiger partial charge in [0.1, 0.15) is 5.37 Å². The van der Waals surface area contributed by atoms with Crippen LogP contribution in [0.3, 0.4) is 0 Å². The van der Waals surface area contributed by atoms with E-state index >= 15 is 0 Å². The smallest absolute Gasteiger partial charge is 0.236 e. The van der Waals surface area contributed by atoms with Crippen molar-refractivity contribution >= 4 is 23.6 Å². The molecule has 1 aromatic carbocycles. The molecule has 2 atom stereocenters. The minimum atomic E-state index is 0.0489. The third-order valence-corrected chi connectivity index (χ3v) is 8.05. The van der Waals surface area contributed by atoms with Crippen LogP contribution in [0.25, 0.3) is 0 Å². The number of carbonyl (C=O) groups is 2. The van der Waals surface area contributed by atoms with Gasteiger partial charge in [-0.25, -0.2) is 0 Å². The summed E-state index contributed by atoms with van der Waals surface area (Å²) in [6.07, 6.45) is 0.868. The zero-order valence-electron chi connectivity index (χ0n) is 20.1. The molecule has 0 spiro atoms. The highest BCUT2D eigenvalue weighted by Crippen LogP contribution is 2.44. The summed E-state index contributed by atoms with van der Waals surface area (Å²) in [5.74, 6) is 0.573. The Balaban J connectivity index is 1.63. The maximum Gasteiger partial charge on any atom is 0.236 e. The van der Waals surface area contributed by atoms with Crippen molar-refractivity contribution in [3.05, 3.63) is 35.4 Å². The molecule has 5 nitrogen and oxygen atoms in total. The Bertz CT molecular complexity index is 764. The van der Waals surface area contributed by atoms with Crippen molar-refractivity contribution in [2.24, 2.45) is 5.92 Å². The van der Waals surface area contributed by atoms with E-state index in [1.165, 1.54) is 11.1 Å². The average molecular weight is 446 g/mol. The topological polar surface area (TPSA) is 43.9 Å². The first-order valence-electron chi connectivity index (χ1n) is 11.7. The second-order valence-corrected chi connectivity index (χ2v) is 11.4. The maximum absolute atomic E-state index is 13.1. The number of nitrogens with zero attached hydrogens (tertiary/aromatic N) is 3. The maximum atomic E-state index is 13.1. The van der Waals surface area contributed by atoms with Gasteiger partial charge in [0.25, 0.3) is 0 Å². The van der Waals surface area contributed by atoms with E-state index in [1.807, 2.05) is 18.7 Å². The number of thioether (sulfide) groups is 1. The first-order chi connectivity index (χ1) is 14.6. The standard InChI is InChI=1S/C25H39N3O2S/c1-7-21-23(30)28(17-14-26-12-15-27(16-13-26)22(29)18(2)3)24(31-21)19-8-10-20(11-9-19)25(4,5)6/h8-11,18,21,24H,7,12-17H2,1-6H3. The van der Waals surface area contributed by atoms with Gasteiger partial charge in [-0.2, -0.15) is 0 Å². The fourth-order valence-corrected chi connectivity index (χ4v) is 5.72. The molecule has 0 aliphatic carbocycles. The van der Waals surface area contributed by atoms with E-state index in [0.717, 1.165) is 45.7 Å². The molecule has 0 radical (unpaired) electrons. The van der Waals surface area contributed by atoms with Gasteiger partial charge in [0.2, 0.25) is 11.8 Å². The molecule has 0 bridgehead atoms. The average Bonchev–Trinajstić information content (AvgIpc) is 3.07. The minimum Gasteiger partial charge on any atom is -0.340 e. The Morgan fingerprint density at radius 1 is 1.06 bits per heavy atom. The molecular formula is C25H39N3O2S.